The van der Waals surface area contributed by atoms with Crippen LogP contribution >= 0.6 is 15.9 Å². The molecule has 1 N–H and O–H groups in total. The highest BCUT2D eigenvalue weighted by Crippen LogP contribution is 2.38. The fraction of sp³-hybridized carbons (Fsp3) is 0.333. The largest absolute Gasteiger partial charge is 0.486 e. The van der Waals surface area contributed by atoms with Gasteiger partial charge in [-0.15, -0.1) is 0 Å². The zero-order valence-corrected chi connectivity index (χ0v) is 13.2. The van der Waals surface area contributed by atoms with Crippen LogP contribution in [0.1, 0.15) is 17.0 Å². The molecule has 2 aromatic rings. The molecule has 5 heteroatoms. The number of ether oxygens (including phenoxy) is 2. The minimum absolute atomic E-state index is 0.602. The molecule has 2 heterocycles. The average Bonchev–Trinajstić information content (AvgIpc) is 2.76. The van der Waals surface area contributed by atoms with E-state index in [1.165, 1.54) is 11.4 Å². The number of nitrogens with zero attached hydrogens (tertiary/aromatic N) is 1. The minimum atomic E-state index is 0.602. The minimum Gasteiger partial charge on any atom is -0.486 e. The van der Waals surface area contributed by atoms with Gasteiger partial charge in [0.25, 0.3) is 0 Å². The van der Waals surface area contributed by atoms with Crippen molar-refractivity contribution in [1.82, 2.24) is 4.68 Å². The summed E-state index contributed by atoms with van der Waals surface area (Å²) < 4.78 is 14.3. The Morgan fingerprint density at radius 1 is 1.15 bits per heavy atom. The van der Waals surface area contributed by atoms with Crippen LogP contribution in [-0.2, 0) is 6.54 Å². The summed E-state index contributed by atoms with van der Waals surface area (Å²) in [5.74, 6) is 1.61. The van der Waals surface area contributed by atoms with E-state index in [2.05, 4.69) is 58.1 Å². The molecule has 0 unspecified atom stereocenters. The Kier molecular flexibility index (Phi) is 3.61. The molecule has 0 aliphatic carbocycles. The number of nitrogens with one attached hydrogen (secondary N) is 1. The highest BCUT2D eigenvalue weighted by Gasteiger charge is 2.16. The van der Waals surface area contributed by atoms with Crippen molar-refractivity contribution in [2.75, 3.05) is 18.6 Å². The molecule has 3 rings (SSSR count). The molecule has 1 aliphatic heterocycles. The molecule has 1 aliphatic rings. The predicted octanol–water partition coefficient (Wildman–Crippen LogP) is 3.38. The van der Waals surface area contributed by atoms with Crippen LogP contribution in [0.2, 0.25) is 0 Å². The van der Waals surface area contributed by atoms with Crippen molar-refractivity contribution in [3.8, 4) is 11.5 Å². The lowest BCUT2D eigenvalue weighted by molar-refractivity contribution is 0.170. The zero-order chi connectivity index (χ0) is 14.1. The second-order valence-electron chi connectivity index (χ2n) is 4.89. The molecule has 0 saturated carbocycles. The third-order valence-corrected chi connectivity index (χ3v) is 3.96. The molecule has 1 aromatic heterocycles. The summed E-state index contributed by atoms with van der Waals surface area (Å²) in [4.78, 5) is 0. The number of hydrogen-bond acceptors (Lipinski definition) is 3. The standard InChI is InChI=1S/C15H17BrN2O2/c1-10-3-4-11(2)18(10)17-9-12-7-13(16)15-14(8-12)19-5-6-20-15/h3-4,7-8,17H,5-6,9H2,1-2H3. The molecule has 0 atom stereocenters. The van der Waals surface area contributed by atoms with Crippen LogP contribution in [-0.4, -0.2) is 17.9 Å². The molecule has 0 radical (unpaired) electrons. The lowest BCUT2D eigenvalue weighted by Gasteiger charge is -2.21. The summed E-state index contributed by atoms with van der Waals surface area (Å²) in [5, 5.41) is 0. The highest BCUT2D eigenvalue weighted by molar-refractivity contribution is 9.10. The number of benzene rings is 1. The van der Waals surface area contributed by atoms with Crippen LogP contribution in [0.4, 0.5) is 0 Å². The molecule has 20 heavy (non-hydrogen) atoms. The predicted molar refractivity (Wildman–Crippen MR) is 82.1 cm³/mol. The second-order valence-corrected chi connectivity index (χ2v) is 5.74. The Morgan fingerprint density at radius 2 is 1.85 bits per heavy atom. The van der Waals surface area contributed by atoms with E-state index >= 15 is 0 Å². The van der Waals surface area contributed by atoms with Gasteiger partial charge < -0.3 is 14.9 Å². The van der Waals surface area contributed by atoms with Gasteiger partial charge in [-0.25, -0.2) is 0 Å². The first-order chi connectivity index (χ1) is 9.65. The van der Waals surface area contributed by atoms with Gasteiger partial charge in [0.2, 0.25) is 0 Å². The first-order valence-corrected chi connectivity index (χ1v) is 7.41. The lowest BCUT2D eigenvalue weighted by atomic mass is 10.2. The monoisotopic (exact) mass is 336 g/mol. The fourth-order valence-electron chi connectivity index (χ4n) is 2.35. The van der Waals surface area contributed by atoms with Gasteiger partial charge in [0, 0.05) is 11.4 Å². The van der Waals surface area contributed by atoms with E-state index in [0.717, 1.165) is 28.1 Å². The molecular weight excluding hydrogens is 320 g/mol. The van der Waals surface area contributed by atoms with Crippen molar-refractivity contribution in [2.45, 2.75) is 20.4 Å². The smallest absolute Gasteiger partial charge is 0.175 e. The molecule has 106 valence electrons. The van der Waals surface area contributed by atoms with Gasteiger partial charge in [-0.3, -0.25) is 4.68 Å². The molecule has 1 aromatic carbocycles. The van der Waals surface area contributed by atoms with E-state index in [0.29, 0.717) is 13.2 Å². The summed E-state index contributed by atoms with van der Waals surface area (Å²) >= 11 is 3.54. The lowest BCUT2D eigenvalue weighted by Crippen LogP contribution is -2.18. The summed E-state index contributed by atoms with van der Waals surface area (Å²) in [5.41, 5.74) is 6.95. The number of aromatic nitrogens is 1. The van der Waals surface area contributed by atoms with Crippen LogP contribution in [0.15, 0.2) is 28.7 Å². The Balaban J connectivity index is 1.80. The third-order valence-electron chi connectivity index (χ3n) is 3.37. The van der Waals surface area contributed by atoms with E-state index in [1.807, 2.05) is 6.07 Å². The number of rotatable bonds is 3. The van der Waals surface area contributed by atoms with Crippen molar-refractivity contribution in [3.05, 3.63) is 45.7 Å². The Bertz CT molecular complexity index is 618. The van der Waals surface area contributed by atoms with Crippen LogP contribution < -0.4 is 14.9 Å². The topological polar surface area (TPSA) is 35.4 Å². The molecule has 0 spiro atoms. The van der Waals surface area contributed by atoms with Crippen LogP contribution in [0.3, 0.4) is 0 Å². The van der Waals surface area contributed by atoms with Gasteiger partial charge >= 0.3 is 0 Å². The number of halogens is 1. The number of fused-ring (bicyclic) bond motifs is 1. The van der Waals surface area contributed by atoms with Gasteiger partial charge in [0.05, 0.1) is 11.0 Å². The van der Waals surface area contributed by atoms with Gasteiger partial charge in [0.15, 0.2) is 11.5 Å². The maximum atomic E-state index is 5.64. The van der Waals surface area contributed by atoms with Gasteiger partial charge in [0.1, 0.15) is 13.2 Å². The van der Waals surface area contributed by atoms with Crippen molar-refractivity contribution < 1.29 is 9.47 Å². The zero-order valence-electron chi connectivity index (χ0n) is 11.6. The van der Waals surface area contributed by atoms with E-state index in [-0.39, 0.29) is 0 Å². The van der Waals surface area contributed by atoms with Gasteiger partial charge in [-0.1, -0.05) is 0 Å². The number of hydrogen-bond donors (Lipinski definition) is 1. The first-order valence-electron chi connectivity index (χ1n) is 6.62. The molecule has 0 fully saturated rings. The number of aryl methyl sites for hydroxylation is 2. The molecular formula is C15H17BrN2O2. The fourth-order valence-corrected chi connectivity index (χ4v) is 2.96. The third kappa shape index (κ3) is 2.50. The van der Waals surface area contributed by atoms with Crippen LogP contribution in [0.25, 0.3) is 0 Å². The molecule has 0 bridgehead atoms. The van der Waals surface area contributed by atoms with E-state index in [9.17, 15) is 0 Å². The Morgan fingerprint density at radius 3 is 2.60 bits per heavy atom. The Hall–Kier alpha value is -1.62. The normalized spacial score (nSPS) is 13.3. The SMILES string of the molecule is Cc1ccc(C)n1NCc1cc(Br)c2c(c1)OCCO2. The summed E-state index contributed by atoms with van der Waals surface area (Å²) in [6.45, 7) is 6.10. The van der Waals surface area contributed by atoms with Crippen LogP contribution in [0, 0.1) is 13.8 Å². The van der Waals surface area contributed by atoms with E-state index in [1.54, 1.807) is 0 Å². The maximum Gasteiger partial charge on any atom is 0.175 e. The van der Waals surface area contributed by atoms with E-state index < -0.39 is 0 Å². The quantitative estimate of drug-likeness (QED) is 0.933. The van der Waals surface area contributed by atoms with Crippen molar-refractivity contribution in [2.24, 2.45) is 0 Å². The van der Waals surface area contributed by atoms with Gasteiger partial charge in [-0.05, 0) is 59.6 Å². The second kappa shape index (κ2) is 5.40. The molecule has 4 nitrogen and oxygen atoms in total. The summed E-state index contributed by atoms with van der Waals surface area (Å²) in [6.07, 6.45) is 0. The average molecular weight is 337 g/mol. The van der Waals surface area contributed by atoms with Crippen LogP contribution in [0.5, 0.6) is 11.5 Å². The molecule has 0 amide bonds. The summed E-state index contributed by atoms with van der Waals surface area (Å²) in [6, 6.07) is 8.29. The van der Waals surface area contributed by atoms with Crippen molar-refractivity contribution >= 4 is 15.9 Å². The first kappa shape index (κ1) is 13.4. The highest BCUT2D eigenvalue weighted by atomic mass is 79.9. The van der Waals surface area contributed by atoms with Crippen molar-refractivity contribution in [3.63, 3.8) is 0 Å². The molecule has 0 saturated heterocycles. The van der Waals surface area contributed by atoms with Crippen molar-refractivity contribution in [1.29, 1.82) is 0 Å². The Labute approximate surface area is 126 Å². The maximum absolute atomic E-state index is 5.64. The van der Waals surface area contributed by atoms with E-state index in [4.69, 9.17) is 9.47 Å². The summed E-state index contributed by atoms with van der Waals surface area (Å²) in [7, 11) is 0. The van der Waals surface area contributed by atoms with Gasteiger partial charge in [-0.2, -0.15) is 0 Å².